The van der Waals surface area contributed by atoms with E-state index in [0.717, 1.165) is 30.5 Å². The minimum Gasteiger partial charge on any atom is -0.390 e. The van der Waals surface area contributed by atoms with Crippen molar-refractivity contribution < 1.29 is 23.5 Å². The molecule has 9 nitrogen and oxygen atoms in total. The molecule has 1 fully saturated rings. The van der Waals surface area contributed by atoms with Gasteiger partial charge in [0.05, 0.1) is 0 Å². The van der Waals surface area contributed by atoms with Gasteiger partial charge >= 0.3 is 11.9 Å². The van der Waals surface area contributed by atoms with Gasteiger partial charge in [0.1, 0.15) is 0 Å². The maximum absolute atomic E-state index is 13.5. The van der Waals surface area contributed by atoms with E-state index < -0.39 is 11.7 Å². The van der Waals surface area contributed by atoms with Gasteiger partial charge in [-0.1, -0.05) is 50.2 Å². The van der Waals surface area contributed by atoms with E-state index >= 15 is 0 Å². The standard InChI is InChI=1S/C25H35N5O4S/c1-18(2)17-20(31)22-30(28-24(34-22)35-16-15-29(3)4)23(33)27-25(13-9-6-10-14-25)26-21(32)19-11-7-5-8-12-19/h5,7-8,11-12,18H,6,9-10,13-17H2,1-4H3,(H-,26,27,32,33)/p+1. The van der Waals surface area contributed by atoms with Crippen LogP contribution in [0.4, 0.5) is 4.79 Å². The Kier molecular flexibility index (Phi) is 9.45. The van der Waals surface area contributed by atoms with E-state index in [0.29, 0.717) is 24.2 Å². The van der Waals surface area contributed by atoms with Gasteiger partial charge in [0.25, 0.3) is 11.1 Å². The van der Waals surface area contributed by atoms with E-state index in [-0.39, 0.29) is 35.1 Å². The monoisotopic (exact) mass is 502 g/mol. The Balaban J connectivity index is 1.84. The van der Waals surface area contributed by atoms with Gasteiger partial charge in [-0.25, -0.2) is 5.32 Å². The highest BCUT2D eigenvalue weighted by Gasteiger charge is 2.43. The Morgan fingerprint density at radius 3 is 2.43 bits per heavy atom. The molecule has 1 aromatic heterocycles. The van der Waals surface area contributed by atoms with Gasteiger partial charge in [-0.3, -0.25) is 9.59 Å². The lowest BCUT2D eigenvalue weighted by molar-refractivity contribution is -0.641. The molecule has 1 heterocycles. The summed E-state index contributed by atoms with van der Waals surface area (Å²) in [4.78, 5) is 41.3. The first-order valence-electron chi connectivity index (χ1n) is 12.1. The maximum Gasteiger partial charge on any atom is 0.522 e. The number of carbonyl (C=O) groups is 3. The second kappa shape index (κ2) is 12.3. The third-order valence-corrected chi connectivity index (χ3v) is 6.59. The number of nitrogens with zero attached hydrogens (tertiary/aromatic N) is 3. The lowest BCUT2D eigenvalue weighted by Crippen LogP contribution is -2.67. The van der Waals surface area contributed by atoms with Crippen molar-refractivity contribution in [2.24, 2.45) is 5.92 Å². The van der Waals surface area contributed by atoms with Crippen LogP contribution in [0.15, 0.2) is 40.0 Å². The molecule has 2 N–H and O–H groups in total. The zero-order chi connectivity index (χ0) is 25.4. The molecule has 1 aliphatic carbocycles. The Bertz CT molecular complexity index is 1020. The van der Waals surface area contributed by atoms with E-state index in [2.05, 4.69) is 15.7 Å². The number of thioether (sulfide) groups is 1. The number of Topliss-reactive ketones (excluding diaryl/α,β-unsaturated/α-hetero) is 1. The summed E-state index contributed by atoms with van der Waals surface area (Å²) in [5.41, 5.74) is -0.404. The number of rotatable bonds is 10. The summed E-state index contributed by atoms with van der Waals surface area (Å²) in [6.45, 7) is 4.66. The van der Waals surface area contributed by atoms with Crippen LogP contribution < -0.4 is 15.3 Å². The molecule has 3 rings (SSSR count). The molecule has 2 aromatic rings. The van der Waals surface area contributed by atoms with Crippen LogP contribution >= 0.6 is 11.8 Å². The van der Waals surface area contributed by atoms with Gasteiger partial charge in [-0.15, -0.1) is 0 Å². The molecular formula is C25H36N5O4S+. The van der Waals surface area contributed by atoms with Crippen molar-refractivity contribution in [1.82, 2.24) is 20.6 Å². The van der Waals surface area contributed by atoms with Crippen molar-refractivity contribution in [2.45, 2.75) is 63.3 Å². The predicted octanol–water partition coefficient (Wildman–Crippen LogP) is 3.49. The van der Waals surface area contributed by atoms with Crippen molar-refractivity contribution in [3.8, 4) is 0 Å². The summed E-state index contributed by atoms with van der Waals surface area (Å²) in [7, 11) is 3.93. The fourth-order valence-electron chi connectivity index (χ4n) is 3.99. The fraction of sp³-hybridized carbons (Fsp3) is 0.560. The SMILES string of the molecule is CC(C)CC(=O)c1oc(SCCN(C)C)n[n+]1C(=O)NC1(NC(=O)c2ccccc2)CCCCC1. The van der Waals surface area contributed by atoms with Gasteiger partial charge in [0, 0.05) is 37.1 Å². The van der Waals surface area contributed by atoms with Gasteiger partial charge < -0.3 is 14.6 Å². The first kappa shape index (κ1) is 26.9. The minimum absolute atomic E-state index is 0.0936. The highest BCUT2D eigenvalue weighted by molar-refractivity contribution is 7.99. The molecule has 10 heteroatoms. The Morgan fingerprint density at radius 2 is 1.80 bits per heavy atom. The van der Waals surface area contributed by atoms with E-state index in [1.807, 2.05) is 38.9 Å². The molecule has 0 radical (unpaired) electrons. The number of benzene rings is 1. The van der Waals surface area contributed by atoms with E-state index in [1.165, 1.54) is 11.8 Å². The van der Waals surface area contributed by atoms with Crippen LogP contribution in [0.2, 0.25) is 0 Å². The van der Waals surface area contributed by atoms with Crippen LogP contribution in [-0.2, 0) is 0 Å². The topological polar surface area (TPSA) is 108 Å². The average Bonchev–Trinajstić information content (AvgIpc) is 3.24. The van der Waals surface area contributed by atoms with E-state index in [1.54, 1.807) is 24.3 Å². The summed E-state index contributed by atoms with van der Waals surface area (Å²) in [5, 5.41) is 10.6. The smallest absolute Gasteiger partial charge is 0.390 e. The van der Waals surface area contributed by atoms with Gasteiger partial charge in [-0.05, 0) is 54.8 Å². The fourth-order valence-corrected chi connectivity index (χ4v) is 4.90. The lowest BCUT2D eigenvalue weighted by Gasteiger charge is -2.34. The molecule has 1 aromatic carbocycles. The summed E-state index contributed by atoms with van der Waals surface area (Å²) in [6, 6.07) is 8.33. The molecule has 2 amide bonds. The number of ketones is 1. The van der Waals surface area contributed by atoms with Crippen LogP contribution in [0, 0.1) is 5.92 Å². The van der Waals surface area contributed by atoms with Crippen LogP contribution in [0.1, 0.15) is 73.4 Å². The molecule has 0 aliphatic heterocycles. The van der Waals surface area contributed by atoms with Crippen molar-refractivity contribution in [3.63, 3.8) is 0 Å². The van der Waals surface area contributed by atoms with Crippen LogP contribution in [0.5, 0.6) is 0 Å². The number of carbonyl (C=O) groups excluding carboxylic acids is 3. The Hall–Kier alpha value is -2.72. The van der Waals surface area contributed by atoms with Crippen LogP contribution in [-0.4, -0.2) is 59.8 Å². The second-order valence-electron chi connectivity index (χ2n) is 9.65. The molecule has 1 saturated carbocycles. The second-order valence-corrected chi connectivity index (χ2v) is 10.7. The molecule has 0 spiro atoms. The molecule has 0 bridgehead atoms. The zero-order valence-corrected chi connectivity index (χ0v) is 21.8. The van der Waals surface area contributed by atoms with Gasteiger partial charge in [0.15, 0.2) is 5.66 Å². The number of aromatic nitrogens is 2. The first-order chi connectivity index (χ1) is 16.7. The number of hydrogen-bond donors (Lipinski definition) is 2. The molecule has 35 heavy (non-hydrogen) atoms. The zero-order valence-electron chi connectivity index (χ0n) is 21.0. The van der Waals surface area contributed by atoms with Crippen molar-refractivity contribution in [3.05, 3.63) is 41.8 Å². The molecule has 1 aliphatic rings. The lowest BCUT2D eigenvalue weighted by atomic mass is 9.88. The van der Waals surface area contributed by atoms with Crippen molar-refractivity contribution >= 4 is 29.5 Å². The largest absolute Gasteiger partial charge is 0.522 e. The molecule has 0 unspecified atom stereocenters. The summed E-state index contributed by atoms with van der Waals surface area (Å²) < 4.78 is 6.77. The van der Waals surface area contributed by atoms with E-state index in [4.69, 9.17) is 4.42 Å². The Morgan fingerprint density at radius 1 is 1.11 bits per heavy atom. The average molecular weight is 503 g/mol. The summed E-state index contributed by atoms with van der Waals surface area (Å²) in [5.74, 6) is 0.166. The van der Waals surface area contributed by atoms with Gasteiger partial charge in [-0.2, -0.15) is 4.79 Å². The quantitative estimate of drug-likeness (QED) is 0.222. The van der Waals surface area contributed by atoms with Crippen molar-refractivity contribution in [1.29, 1.82) is 0 Å². The summed E-state index contributed by atoms with van der Waals surface area (Å²) >= 11 is 1.35. The minimum atomic E-state index is -0.926. The maximum atomic E-state index is 13.5. The van der Waals surface area contributed by atoms with Crippen LogP contribution in [0.3, 0.4) is 0 Å². The molecule has 0 saturated heterocycles. The van der Waals surface area contributed by atoms with E-state index in [9.17, 15) is 14.4 Å². The third kappa shape index (κ3) is 7.63. The highest BCUT2D eigenvalue weighted by atomic mass is 32.2. The molecule has 0 atom stereocenters. The van der Waals surface area contributed by atoms with Crippen molar-refractivity contribution in [2.75, 3.05) is 26.4 Å². The third-order valence-electron chi connectivity index (χ3n) is 5.79. The Labute approximate surface area is 211 Å². The number of amides is 2. The number of nitrogens with one attached hydrogen (secondary N) is 2. The normalized spacial score (nSPS) is 15.3. The predicted molar refractivity (Wildman–Crippen MR) is 133 cm³/mol. The first-order valence-corrected chi connectivity index (χ1v) is 13.1. The van der Waals surface area contributed by atoms with Crippen LogP contribution in [0.25, 0.3) is 0 Å². The highest BCUT2D eigenvalue weighted by Crippen LogP contribution is 2.26. The summed E-state index contributed by atoms with van der Waals surface area (Å²) in [6.07, 6.45) is 4.18. The molecule has 190 valence electrons. The van der Waals surface area contributed by atoms with Gasteiger partial charge in [0.2, 0.25) is 5.78 Å². The molecular weight excluding hydrogens is 466 g/mol. The number of hydrogen-bond acceptors (Lipinski definition) is 7.